The summed E-state index contributed by atoms with van der Waals surface area (Å²) in [6.45, 7) is 0.782. The van der Waals surface area contributed by atoms with E-state index in [9.17, 15) is 4.79 Å². The molecule has 2 N–H and O–H groups in total. The van der Waals surface area contributed by atoms with Gasteiger partial charge in [-0.2, -0.15) is 0 Å². The third-order valence-corrected chi connectivity index (χ3v) is 3.97. The number of benzene rings is 1. The molecule has 0 unspecified atom stereocenters. The first-order chi connectivity index (χ1) is 8.81. The zero-order valence-electron chi connectivity index (χ0n) is 10.3. The van der Waals surface area contributed by atoms with E-state index in [2.05, 4.69) is 22.8 Å². The van der Waals surface area contributed by atoms with Gasteiger partial charge in [0, 0.05) is 12.2 Å². The van der Waals surface area contributed by atoms with E-state index in [0.717, 1.165) is 18.2 Å². The SMILES string of the molecule is O=C(NC[C@@H]1C[C@H]2C=C[C@@H]1C2)Nc1ccccc1. The Morgan fingerprint density at radius 3 is 2.67 bits per heavy atom. The van der Waals surface area contributed by atoms with Crippen LogP contribution in [0.3, 0.4) is 0 Å². The fourth-order valence-corrected chi connectivity index (χ4v) is 3.05. The minimum atomic E-state index is -0.104. The van der Waals surface area contributed by atoms with Crippen LogP contribution in [0.5, 0.6) is 0 Å². The predicted octanol–water partition coefficient (Wildman–Crippen LogP) is 3.02. The summed E-state index contributed by atoms with van der Waals surface area (Å²) in [7, 11) is 0. The first-order valence-corrected chi connectivity index (χ1v) is 6.59. The fraction of sp³-hybridized carbons (Fsp3) is 0.400. The van der Waals surface area contributed by atoms with Crippen LogP contribution < -0.4 is 10.6 Å². The Morgan fingerprint density at radius 2 is 2.00 bits per heavy atom. The zero-order chi connectivity index (χ0) is 12.4. The molecule has 2 aliphatic rings. The van der Waals surface area contributed by atoms with Gasteiger partial charge < -0.3 is 10.6 Å². The Labute approximate surface area is 107 Å². The largest absolute Gasteiger partial charge is 0.338 e. The van der Waals surface area contributed by atoms with Crippen molar-refractivity contribution in [2.24, 2.45) is 17.8 Å². The van der Waals surface area contributed by atoms with E-state index in [4.69, 9.17) is 0 Å². The third kappa shape index (κ3) is 2.40. The number of para-hydroxylation sites is 1. The molecule has 0 aliphatic heterocycles. The maximum Gasteiger partial charge on any atom is 0.319 e. The molecule has 2 amide bonds. The maximum atomic E-state index is 11.7. The van der Waals surface area contributed by atoms with Crippen LogP contribution in [0.2, 0.25) is 0 Å². The van der Waals surface area contributed by atoms with E-state index in [-0.39, 0.29) is 6.03 Å². The van der Waals surface area contributed by atoms with Crippen LogP contribution in [0.1, 0.15) is 12.8 Å². The predicted molar refractivity (Wildman–Crippen MR) is 72.3 cm³/mol. The lowest BCUT2D eigenvalue weighted by Crippen LogP contribution is -2.34. The van der Waals surface area contributed by atoms with E-state index in [1.54, 1.807) is 0 Å². The van der Waals surface area contributed by atoms with Gasteiger partial charge in [0.1, 0.15) is 0 Å². The minimum Gasteiger partial charge on any atom is -0.338 e. The molecular weight excluding hydrogens is 224 g/mol. The molecule has 0 saturated heterocycles. The monoisotopic (exact) mass is 242 g/mol. The van der Waals surface area contributed by atoms with Gasteiger partial charge in [-0.1, -0.05) is 30.4 Å². The average molecular weight is 242 g/mol. The van der Waals surface area contributed by atoms with Crippen LogP contribution in [0, 0.1) is 17.8 Å². The first-order valence-electron chi connectivity index (χ1n) is 6.59. The van der Waals surface area contributed by atoms with Crippen LogP contribution >= 0.6 is 0 Å². The summed E-state index contributed by atoms with van der Waals surface area (Å²) in [5, 5.41) is 5.82. The first kappa shape index (κ1) is 11.3. The molecule has 2 bridgehead atoms. The van der Waals surface area contributed by atoms with E-state index < -0.39 is 0 Å². The van der Waals surface area contributed by atoms with Crippen molar-refractivity contribution in [3.05, 3.63) is 42.5 Å². The van der Waals surface area contributed by atoms with E-state index in [0.29, 0.717) is 11.8 Å². The lowest BCUT2D eigenvalue weighted by Gasteiger charge is -2.18. The van der Waals surface area contributed by atoms with Crippen LogP contribution in [0.15, 0.2) is 42.5 Å². The fourth-order valence-electron chi connectivity index (χ4n) is 3.05. The van der Waals surface area contributed by atoms with Crippen molar-refractivity contribution in [2.75, 3.05) is 11.9 Å². The van der Waals surface area contributed by atoms with Crippen LogP contribution in [-0.4, -0.2) is 12.6 Å². The van der Waals surface area contributed by atoms with Gasteiger partial charge in [-0.25, -0.2) is 4.79 Å². The molecule has 0 radical (unpaired) electrons. The number of fused-ring (bicyclic) bond motifs is 2. The Hall–Kier alpha value is -1.77. The topological polar surface area (TPSA) is 41.1 Å². The van der Waals surface area contributed by atoms with Crippen LogP contribution in [-0.2, 0) is 0 Å². The lowest BCUT2D eigenvalue weighted by atomic mass is 9.94. The molecule has 3 atom stereocenters. The quantitative estimate of drug-likeness (QED) is 0.786. The molecule has 0 heterocycles. The van der Waals surface area contributed by atoms with Crippen molar-refractivity contribution in [3.8, 4) is 0 Å². The van der Waals surface area contributed by atoms with Gasteiger partial charge in [0.15, 0.2) is 0 Å². The molecule has 94 valence electrons. The summed E-state index contributed by atoms with van der Waals surface area (Å²) < 4.78 is 0. The number of carbonyl (C=O) groups excluding carboxylic acids is 1. The molecule has 1 fully saturated rings. The number of allylic oxidation sites excluding steroid dienone is 2. The number of hydrogen-bond donors (Lipinski definition) is 2. The lowest BCUT2D eigenvalue weighted by molar-refractivity contribution is 0.249. The van der Waals surface area contributed by atoms with Gasteiger partial charge in [0.25, 0.3) is 0 Å². The number of rotatable bonds is 3. The standard InChI is InChI=1S/C15H18N2O/c18-15(17-14-4-2-1-3-5-14)16-10-13-9-11-6-7-12(13)8-11/h1-7,11-13H,8-10H2,(H2,16,17,18)/t11-,12+,13-/m0/s1. The van der Waals surface area contributed by atoms with E-state index >= 15 is 0 Å². The molecule has 1 aromatic carbocycles. The Kier molecular flexibility index (Phi) is 3.05. The number of urea groups is 1. The summed E-state index contributed by atoms with van der Waals surface area (Å²) >= 11 is 0. The summed E-state index contributed by atoms with van der Waals surface area (Å²) in [5.41, 5.74) is 0.836. The number of carbonyl (C=O) groups is 1. The number of anilines is 1. The number of nitrogens with one attached hydrogen (secondary N) is 2. The van der Waals surface area contributed by atoms with Crippen molar-refractivity contribution in [2.45, 2.75) is 12.8 Å². The molecule has 1 saturated carbocycles. The molecular formula is C15H18N2O. The van der Waals surface area contributed by atoms with Crippen molar-refractivity contribution in [1.82, 2.24) is 5.32 Å². The second-order valence-corrected chi connectivity index (χ2v) is 5.24. The second-order valence-electron chi connectivity index (χ2n) is 5.24. The molecule has 18 heavy (non-hydrogen) atoms. The highest BCUT2D eigenvalue weighted by atomic mass is 16.2. The molecule has 0 aromatic heterocycles. The average Bonchev–Trinajstić information content (AvgIpc) is 3.00. The van der Waals surface area contributed by atoms with Gasteiger partial charge in [0.05, 0.1) is 0 Å². The van der Waals surface area contributed by atoms with E-state index in [1.807, 2.05) is 30.3 Å². The Balaban J connectivity index is 1.46. The summed E-state index contributed by atoms with van der Waals surface area (Å²) in [6, 6.07) is 9.43. The van der Waals surface area contributed by atoms with Gasteiger partial charge in [-0.15, -0.1) is 0 Å². The number of hydrogen-bond acceptors (Lipinski definition) is 1. The van der Waals surface area contributed by atoms with Gasteiger partial charge in [-0.05, 0) is 42.7 Å². The van der Waals surface area contributed by atoms with Crippen molar-refractivity contribution in [1.29, 1.82) is 0 Å². The molecule has 2 aliphatic carbocycles. The molecule has 3 heteroatoms. The molecule has 3 rings (SSSR count). The van der Waals surface area contributed by atoms with Gasteiger partial charge >= 0.3 is 6.03 Å². The summed E-state index contributed by atoms with van der Waals surface area (Å²) in [5.74, 6) is 2.08. The normalized spacial score (nSPS) is 28.3. The highest BCUT2D eigenvalue weighted by Crippen LogP contribution is 2.42. The maximum absolute atomic E-state index is 11.7. The van der Waals surface area contributed by atoms with Crippen molar-refractivity contribution in [3.63, 3.8) is 0 Å². The third-order valence-electron chi connectivity index (χ3n) is 3.97. The number of amides is 2. The molecule has 0 spiro atoms. The second kappa shape index (κ2) is 4.84. The van der Waals surface area contributed by atoms with Crippen molar-refractivity contribution < 1.29 is 4.79 Å². The zero-order valence-corrected chi connectivity index (χ0v) is 10.3. The Morgan fingerprint density at radius 1 is 1.17 bits per heavy atom. The van der Waals surface area contributed by atoms with Crippen molar-refractivity contribution >= 4 is 11.7 Å². The van der Waals surface area contributed by atoms with Gasteiger partial charge in [-0.3, -0.25) is 0 Å². The highest BCUT2D eigenvalue weighted by molar-refractivity contribution is 5.89. The van der Waals surface area contributed by atoms with E-state index in [1.165, 1.54) is 12.8 Å². The van der Waals surface area contributed by atoms with Crippen LogP contribution in [0.25, 0.3) is 0 Å². The molecule has 3 nitrogen and oxygen atoms in total. The van der Waals surface area contributed by atoms with Crippen LogP contribution in [0.4, 0.5) is 10.5 Å². The smallest absolute Gasteiger partial charge is 0.319 e. The highest BCUT2D eigenvalue weighted by Gasteiger charge is 2.35. The summed E-state index contributed by atoms with van der Waals surface area (Å²) in [6.07, 6.45) is 7.15. The minimum absolute atomic E-state index is 0.104. The molecule has 1 aromatic rings. The Bertz CT molecular complexity index is 455. The summed E-state index contributed by atoms with van der Waals surface area (Å²) in [4.78, 5) is 11.7. The van der Waals surface area contributed by atoms with Gasteiger partial charge in [0.2, 0.25) is 0 Å².